The fourth-order valence-electron chi connectivity index (χ4n) is 8.32. The summed E-state index contributed by atoms with van der Waals surface area (Å²) in [6.45, 7) is 1.77. The van der Waals surface area contributed by atoms with Gasteiger partial charge in [-0.15, -0.1) is 0 Å². The molecule has 0 bridgehead atoms. The number of nitrogens with two attached hydrogens (primary N) is 1. The number of benzene rings is 3. The van der Waals surface area contributed by atoms with Crippen molar-refractivity contribution >= 4 is 35.0 Å². The highest BCUT2D eigenvalue weighted by Crippen LogP contribution is 2.63. The zero-order chi connectivity index (χ0) is 30.9. The summed E-state index contributed by atoms with van der Waals surface area (Å²) in [5, 5.41) is 10.4. The van der Waals surface area contributed by atoms with E-state index >= 15 is 0 Å². The summed E-state index contributed by atoms with van der Waals surface area (Å²) in [6, 6.07) is 22.4. The first-order valence-electron chi connectivity index (χ1n) is 14.7. The van der Waals surface area contributed by atoms with Gasteiger partial charge in [-0.2, -0.15) is 4.90 Å². The third-order valence-electron chi connectivity index (χ3n) is 10.1. The first kappa shape index (κ1) is 27.7. The van der Waals surface area contributed by atoms with Gasteiger partial charge in [0.1, 0.15) is 5.75 Å². The number of allylic oxidation sites excluding steroid dienone is 4. The normalized spacial score (nSPS) is 29.4. The number of carbonyl (C=O) groups is 5. The number of imide groups is 3. The van der Waals surface area contributed by atoms with E-state index in [2.05, 4.69) is 0 Å². The van der Waals surface area contributed by atoms with Gasteiger partial charge < -0.3 is 10.8 Å². The van der Waals surface area contributed by atoms with Crippen LogP contribution in [0.2, 0.25) is 0 Å². The lowest BCUT2D eigenvalue weighted by molar-refractivity contribution is -0.137. The number of ketones is 2. The molecule has 6 unspecified atom stereocenters. The number of likely N-dealkylation sites (tertiary alicyclic amines) is 1. The largest absolute Gasteiger partial charge is 0.508 e. The number of primary amides is 1. The van der Waals surface area contributed by atoms with Crippen LogP contribution in [0.5, 0.6) is 5.75 Å². The van der Waals surface area contributed by atoms with Crippen molar-refractivity contribution in [3.63, 3.8) is 0 Å². The molecule has 3 N–H and O–H groups in total. The number of phenols is 1. The fourth-order valence-corrected chi connectivity index (χ4v) is 8.32. The smallest absolute Gasteiger partial charge is 0.328 e. The zero-order valence-corrected chi connectivity index (χ0v) is 24.0. The van der Waals surface area contributed by atoms with E-state index in [0.717, 1.165) is 5.57 Å². The van der Waals surface area contributed by atoms with Gasteiger partial charge in [-0.25, -0.2) is 4.79 Å². The number of aromatic hydroxyl groups is 1. The van der Waals surface area contributed by atoms with E-state index in [1.807, 2.05) is 60.7 Å². The molecule has 3 aromatic carbocycles. The van der Waals surface area contributed by atoms with Crippen molar-refractivity contribution in [1.82, 2.24) is 4.90 Å². The van der Waals surface area contributed by atoms with Gasteiger partial charge >= 0.3 is 6.03 Å². The number of nitrogens with zero attached hydrogens (tertiary/aromatic N) is 1. The lowest BCUT2D eigenvalue weighted by atomic mass is 9.44. The lowest BCUT2D eigenvalue weighted by Gasteiger charge is -2.55. The van der Waals surface area contributed by atoms with Gasteiger partial charge in [-0.1, -0.05) is 84.4 Å². The lowest BCUT2D eigenvalue weighted by Crippen LogP contribution is -2.58. The van der Waals surface area contributed by atoms with Gasteiger partial charge in [0.15, 0.2) is 11.6 Å². The number of hydrogen-bond acceptors (Lipinski definition) is 6. The Kier molecular flexibility index (Phi) is 6.28. The Hall–Kier alpha value is -5.11. The van der Waals surface area contributed by atoms with Crippen LogP contribution >= 0.6 is 0 Å². The Morgan fingerprint density at radius 2 is 1.59 bits per heavy atom. The Balaban J connectivity index is 1.52. The number of Topliss-reactive ketones (excluding diaryl/α,β-unsaturated/α-hetero) is 1. The van der Waals surface area contributed by atoms with E-state index in [1.54, 1.807) is 31.2 Å². The SMILES string of the molecule is Cc1cc(C2C3=CCC4C(=O)N(C(N)=O)C(=O)C4C3CC3C(=O)C(c4ccccc4)=CC(=O)C32c2ccccc2)ccc1O. The molecule has 6 atom stereocenters. The van der Waals surface area contributed by atoms with Crippen molar-refractivity contribution in [1.29, 1.82) is 0 Å². The molecule has 0 aromatic heterocycles. The van der Waals surface area contributed by atoms with Crippen LogP contribution < -0.4 is 5.73 Å². The molecule has 8 nitrogen and oxygen atoms in total. The van der Waals surface area contributed by atoms with Crippen LogP contribution in [-0.2, 0) is 24.6 Å². The molecular formula is C36H30N2O6. The van der Waals surface area contributed by atoms with Crippen LogP contribution in [0.3, 0.4) is 0 Å². The van der Waals surface area contributed by atoms with Crippen molar-refractivity contribution in [2.24, 2.45) is 29.4 Å². The Bertz CT molecular complexity index is 1830. The van der Waals surface area contributed by atoms with Crippen molar-refractivity contribution in [3.05, 3.63) is 119 Å². The summed E-state index contributed by atoms with van der Waals surface area (Å²) in [6.07, 6.45) is 3.72. The van der Waals surface area contributed by atoms with Gasteiger partial charge in [-0.05, 0) is 60.1 Å². The molecule has 3 aliphatic carbocycles. The predicted octanol–water partition coefficient (Wildman–Crippen LogP) is 4.60. The number of aryl methyl sites for hydroxylation is 1. The Labute approximate surface area is 253 Å². The predicted molar refractivity (Wildman–Crippen MR) is 161 cm³/mol. The monoisotopic (exact) mass is 586 g/mol. The van der Waals surface area contributed by atoms with E-state index in [4.69, 9.17) is 5.73 Å². The van der Waals surface area contributed by atoms with Crippen LogP contribution in [0, 0.1) is 30.6 Å². The summed E-state index contributed by atoms with van der Waals surface area (Å²) < 4.78 is 0. The summed E-state index contributed by atoms with van der Waals surface area (Å²) in [7, 11) is 0. The average Bonchev–Trinajstić information content (AvgIpc) is 3.29. The van der Waals surface area contributed by atoms with E-state index in [0.29, 0.717) is 32.7 Å². The number of urea groups is 1. The summed E-state index contributed by atoms with van der Waals surface area (Å²) >= 11 is 0. The van der Waals surface area contributed by atoms with Gasteiger partial charge in [0.25, 0.3) is 0 Å². The maximum absolute atomic E-state index is 14.9. The van der Waals surface area contributed by atoms with Crippen LogP contribution in [0.4, 0.5) is 4.79 Å². The van der Waals surface area contributed by atoms with Crippen LogP contribution in [0.1, 0.15) is 41.0 Å². The number of phenolic OH excluding ortho intramolecular Hbond substituents is 1. The van der Waals surface area contributed by atoms with Crippen molar-refractivity contribution in [3.8, 4) is 5.75 Å². The van der Waals surface area contributed by atoms with E-state index in [-0.39, 0.29) is 30.2 Å². The van der Waals surface area contributed by atoms with Crippen molar-refractivity contribution in [2.75, 3.05) is 0 Å². The number of amides is 4. The molecule has 4 amide bonds. The van der Waals surface area contributed by atoms with E-state index < -0.39 is 52.8 Å². The summed E-state index contributed by atoms with van der Waals surface area (Å²) in [5.41, 5.74) is 7.82. The summed E-state index contributed by atoms with van der Waals surface area (Å²) in [4.78, 5) is 69.3. The molecule has 44 heavy (non-hydrogen) atoms. The first-order valence-corrected chi connectivity index (χ1v) is 14.7. The molecule has 8 heteroatoms. The molecule has 7 rings (SSSR count). The second-order valence-electron chi connectivity index (χ2n) is 12.2. The van der Waals surface area contributed by atoms with Crippen LogP contribution in [0.15, 0.2) is 96.6 Å². The third kappa shape index (κ3) is 3.73. The van der Waals surface area contributed by atoms with Crippen molar-refractivity contribution in [2.45, 2.75) is 31.1 Å². The molecule has 0 spiro atoms. The molecule has 1 saturated carbocycles. The minimum Gasteiger partial charge on any atom is -0.508 e. The van der Waals surface area contributed by atoms with Gasteiger partial charge in [0.05, 0.1) is 17.3 Å². The Morgan fingerprint density at radius 1 is 0.909 bits per heavy atom. The Morgan fingerprint density at radius 3 is 2.25 bits per heavy atom. The van der Waals surface area contributed by atoms with Crippen molar-refractivity contribution < 1.29 is 29.1 Å². The highest BCUT2D eigenvalue weighted by atomic mass is 16.3. The third-order valence-corrected chi connectivity index (χ3v) is 10.1. The molecule has 2 fully saturated rings. The number of rotatable bonds is 3. The van der Waals surface area contributed by atoms with Gasteiger partial charge in [-0.3, -0.25) is 19.2 Å². The minimum absolute atomic E-state index is 0.0927. The quantitative estimate of drug-likeness (QED) is 0.340. The topological polar surface area (TPSA) is 135 Å². The van der Waals surface area contributed by atoms with E-state index in [1.165, 1.54) is 6.08 Å². The minimum atomic E-state index is -1.36. The molecule has 3 aromatic rings. The van der Waals surface area contributed by atoms with Crippen LogP contribution in [-0.4, -0.2) is 39.4 Å². The zero-order valence-electron chi connectivity index (χ0n) is 24.0. The fraction of sp³-hybridized carbons (Fsp3) is 0.250. The molecular weight excluding hydrogens is 556 g/mol. The molecule has 1 saturated heterocycles. The number of fused-ring (bicyclic) bond motifs is 4. The molecule has 0 radical (unpaired) electrons. The highest BCUT2D eigenvalue weighted by Gasteiger charge is 2.66. The average molecular weight is 587 g/mol. The maximum atomic E-state index is 14.9. The van der Waals surface area contributed by atoms with E-state index in [9.17, 15) is 29.1 Å². The second-order valence-corrected chi connectivity index (χ2v) is 12.2. The molecule has 220 valence electrons. The maximum Gasteiger partial charge on any atom is 0.328 e. The first-order chi connectivity index (χ1) is 21.2. The number of hydrogen-bond donors (Lipinski definition) is 2. The second kappa shape index (κ2) is 9.98. The molecule has 1 heterocycles. The van der Waals surface area contributed by atoms with Gasteiger partial charge in [0.2, 0.25) is 11.8 Å². The molecule has 4 aliphatic rings. The van der Waals surface area contributed by atoms with Gasteiger partial charge in [0, 0.05) is 17.4 Å². The summed E-state index contributed by atoms with van der Waals surface area (Å²) in [5.74, 6) is -5.49. The number of carbonyl (C=O) groups excluding carboxylic acids is 5. The molecule has 1 aliphatic heterocycles. The standard InChI is InChI=1S/C36H30N2O6/c1-19-16-21(12-15-28(19)39)31-23-13-14-24-30(34(43)38(33(24)42)35(37)44)26(23)17-27-32(41)25(20-8-4-2-5-9-20)18-29(40)36(27,31)22-10-6-3-7-11-22/h2-13,15-16,18,24,26-27,30-31,39H,14,17H2,1H3,(H2,37,44). The van der Waals surface area contributed by atoms with Crippen LogP contribution in [0.25, 0.3) is 5.57 Å². The highest BCUT2D eigenvalue weighted by molar-refractivity contribution is 6.31.